The Morgan fingerprint density at radius 1 is 0.951 bits per heavy atom. The number of halogens is 2. The minimum absolute atomic E-state index is 0.0262. The van der Waals surface area contributed by atoms with Crippen molar-refractivity contribution >= 4 is 56.7 Å². The SMILES string of the molecule is Nc1cc(N2CCOCC2)ccc1N(N)c1c(-c2ccc(Cl)c(Cl)c2)[nH]c(=O)n(-c2cncc3ccccc23)c1=O. The molecule has 0 atom stereocenters. The number of hydrogen-bond donors (Lipinski definition) is 3. The molecule has 2 aromatic heterocycles. The largest absolute Gasteiger partial charge is 0.397 e. The van der Waals surface area contributed by atoms with Gasteiger partial charge >= 0.3 is 5.69 Å². The van der Waals surface area contributed by atoms with Gasteiger partial charge in [0, 0.05) is 41.3 Å². The van der Waals surface area contributed by atoms with Gasteiger partial charge in [-0.15, -0.1) is 0 Å². The van der Waals surface area contributed by atoms with Crippen LogP contribution in [-0.4, -0.2) is 40.8 Å². The molecule has 0 unspecified atom stereocenters. The van der Waals surface area contributed by atoms with Gasteiger partial charge in [0.25, 0.3) is 5.56 Å². The molecule has 6 rings (SSSR count). The average molecular weight is 590 g/mol. The standard InChI is InChI=1S/C29H25Cl2N7O3/c30-21-7-5-17(13-22(21)31)26-27(38(33)24-8-6-19(14-23(24)32)36-9-11-41-12-10-36)28(39)37(29(40)35-26)25-16-34-15-18-3-1-2-4-20(18)25/h1-8,13-16H,9-12,32-33H2,(H,35,40). The molecule has 12 heteroatoms. The Labute approximate surface area is 244 Å². The smallest absolute Gasteiger partial charge is 0.333 e. The lowest BCUT2D eigenvalue weighted by molar-refractivity contribution is 0.122. The molecule has 0 bridgehead atoms. The molecule has 1 fully saturated rings. The molecule has 5 N–H and O–H groups in total. The number of nitrogens with one attached hydrogen (secondary N) is 1. The minimum Gasteiger partial charge on any atom is -0.397 e. The molecule has 41 heavy (non-hydrogen) atoms. The van der Waals surface area contributed by atoms with Crippen molar-refractivity contribution in [2.75, 3.05) is 41.9 Å². The summed E-state index contributed by atoms with van der Waals surface area (Å²) in [6, 6.07) is 17.5. The summed E-state index contributed by atoms with van der Waals surface area (Å²) in [7, 11) is 0. The van der Waals surface area contributed by atoms with Crippen molar-refractivity contribution in [3.05, 3.63) is 104 Å². The van der Waals surface area contributed by atoms with Crippen LogP contribution in [0.4, 0.5) is 22.7 Å². The van der Waals surface area contributed by atoms with Crippen LogP contribution >= 0.6 is 23.2 Å². The molecule has 10 nitrogen and oxygen atoms in total. The number of aromatic nitrogens is 3. The van der Waals surface area contributed by atoms with E-state index in [1.807, 2.05) is 30.3 Å². The third kappa shape index (κ3) is 4.91. The van der Waals surface area contributed by atoms with Gasteiger partial charge in [0.1, 0.15) is 5.69 Å². The predicted molar refractivity (Wildman–Crippen MR) is 164 cm³/mol. The highest BCUT2D eigenvalue weighted by molar-refractivity contribution is 6.42. The third-order valence-electron chi connectivity index (χ3n) is 7.06. The number of anilines is 4. The van der Waals surface area contributed by atoms with Gasteiger partial charge in [-0.05, 0) is 30.3 Å². The van der Waals surface area contributed by atoms with E-state index in [0.29, 0.717) is 46.2 Å². The number of hydrazine groups is 1. The lowest BCUT2D eigenvalue weighted by Gasteiger charge is -2.30. The lowest BCUT2D eigenvalue weighted by Crippen LogP contribution is -2.41. The number of nitrogens with two attached hydrogens (primary N) is 2. The first kappa shape index (κ1) is 26.9. The quantitative estimate of drug-likeness (QED) is 0.155. The molecule has 0 aliphatic carbocycles. The molecule has 208 valence electrons. The van der Waals surface area contributed by atoms with Crippen LogP contribution in [-0.2, 0) is 4.74 Å². The number of H-pyrrole nitrogens is 1. The number of hydrogen-bond acceptors (Lipinski definition) is 8. The summed E-state index contributed by atoms with van der Waals surface area (Å²) in [5.41, 5.74) is 7.64. The maximum absolute atomic E-state index is 14.3. The van der Waals surface area contributed by atoms with E-state index in [9.17, 15) is 9.59 Å². The van der Waals surface area contributed by atoms with E-state index in [-0.39, 0.29) is 16.4 Å². The van der Waals surface area contributed by atoms with E-state index < -0.39 is 11.2 Å². The van der Waals surface area contributed by atoms with Crippen molar-refractivity contribution < 1.29 is 4.74 Å². The number of fused-ring (bicyclic) bond motifs is 1. The Morgan fingerprint density at radius 2 is 1.73 bits per heavy atom. The second kappa shape index (κ2) is 10.9. The van der Waals surface area contributed by atoms with Gasteiger partial charge in [0.15, 0.2) is 0 Å². The van der Waals surface area contributed by atoms with Crippen molar-refractivity contribution in [1.82, 2.24) is 14.5 Å². The van der Waals surface area contributed by atoms with Gasteiger partial charge in [-0.2, -0.15) is 0 Å². The van der Waals surface area contributed by atoms with Crippen LogP contribution in [0.2, 0.25) is 10.0 Å². The minimum atomic E-state index is -0.679. The van der Waals surface area contributed by atoms with Crippen molar-refractivity contribution in [3.63, 3.8) is 0 Å². The fourth-order valence-corrected chi connectivity index (χ4v) is 5.31. The molecule has 0 amide bonds. The number of nitrogens with zero attached hydrogens (tertiary/aromatic N) is 4. The van der Waals surface area contributed by atoms with Crippen molar-refractivity contribution in [2.24, 2.45) is 5.84 Å². The molecule has 0 spiro atoms. The summed E-state index contributed by atoms with van der Waals surface area (Å²) in [6.07, 6.45) is 3.13. The zero-order chi connectivity index (χ0) is 28.7. The normalized spacial score (nSPS) is 13.5. The van der Waals surface area contributed by atoms with E-state index in [4.69, 9.17) is 39.5 Å². The Kier molecular flexibility index (Phi) is 7.14. The molecule has 3 heterocycles. The van der Waals surface area contributed by atoms with Gasteiger partial charge in [-0.25, -0.2) is 15.2 Å². The summed E-state index contributed by atoms with van der Waals surface area (Å²) < 4.78 is 6.47. The molecular formula is C29H25Cl2N7O3. The van der Waals surface area contributed by atoms with Crippen molar-refractivity contribution in [2.45, 2.75) is 0 Å². The fraction of sp³-hybridized carbons (Fsp3) is 0.138. The molecule has 0 saturated carbocycles. The zero-order valence-electron chi connectivity index (χ0n) is 21.7. The summed E-state index contributed by atoms with van der Waals surface area (Å²) in [5.74, 6) is 6.67. The molecule has 1 aliphatic rings. The Bertz CT molecular complexity index is 1900. The van der Waals surface area contributed by atoms with Crippen LogP contribution in [0.3, 0.4) is 0 Å². The topological polar surface area (TPSA) is 136 Å². The highest BCUT2D eigenvalue weighted by Crippen LogP contribution is 2.36. The Morgan fingerprint density at radius 3 is 2.49 bits per heavy atom. The number of benzene rings is 3. The summed E-state index contributed by atoms with van der Waals surface area (Å²) in [5, 5.41) is 3.18. The molecule has 1 saturated heterocycles. The first-order chi connectivity index (χ1) is 19.8. The highest BCUT2D eigenvalue weighted by Gasteiger charge is 2.24. The number of ether oxygens (including phenoxy) is 1. The van der Waals surface area contributed by atoms with E-state index in [1.165, 1.54) is 11.2 Å². The zero-order valence-corrected chi connectivity index (χ0v) is 23.2. The number of nitrogen functional groups attached to an aromatic ring is 1. The van der Waals surface area contributed by atoms with Gasteiger partial charge in [0.2, 0.25) is 0 Å². The van der Waals surface area contributed by atoms with E-state index in [1.54, 1.807) is 36.5 Å². The summed E-state index contributed by atoms with van der Waals surface area (Å²) >= 11 is 12.5. The molecule has 3 aromatic carbocycles. The van der Waals surface area contributed by atoms with Crippen LogP contribution < -0.4 is 32.7 Å². The number of aromatic amines is 1. The maximum atomic E-state index is 14.3. The average Bonchev–Trinajstić information content (AvgIpc) is 2.98. The van der Waals surface area contributed by atoms with Crippen LogP contribution in [0, 0.1) is 0 Å². The van der Waals surface area contributed by atoms with Gasteiger partial charge < -0.3 is 20.4 Å². The maximum Gasteiger partial charge on any atom is 0.333 e. The monoisotopic (exact) mass is 589 g/mol. The van der Waals surface area contributed by atoms with Crippen LogP contribution in [0.25, 0.3) is 27.7 Å². The second-order valence-corrected chi connectivity index (χ2v) is 10.3. The number of morpholine rings is 1. The van der Waals surface area contributed by atoms with Crippen molar-refractivity contribution in [3.8, 4) is 16.9 Å². The Hall–Kier alpha value is -4.35. The summed E-state index contributed by atoms with van der Waals surface area (Å²) in [4.78, 5) is 37.1. The highest BCUT2D eigenvalue weighted by atomic mass is 35.5. The predicted octanol–water partition coefficient (Wildman–Crippen LogP) is 4.48. The first-order valence-corrected chi connectivity index (χ1v) is 13.5. The van der Waals surface area contributed by atoms with Crippen molar-refractivity contribution in [1.29, 1.82) is 0 Å². The first-order valence-electron chi connectivity index (χ1n) is 12.8. The number of rotatable bonds is 5. The Balaban J connectivity index is 1.57. The molecular weight excluding hydrogens is 565 g/mol. The lowest BCUT2D eigenvalue weighted by atomic mass is 10.1. The van der Waals surface area contributed by atoms with Gasteiger partial charge in [-0.3, -0.25) is 14.8 Å². The van der Waals surface area contributed by atoms with Gasteiger partial charge in [0.05, 0.1) is 52.2 Å². The van der Waals surface area contributed by atoms with Crippen LogP contribution in [0.1, 0.15) is 0 Å². The fourth-order valence-electron chi connectivity index (χ4n) is 5.01. The van der Waals surface area contributed by atoms with Crippen LogP contribution in [0.5, 0.6) is 0 Å². The van der Waals surface area contributed by atoms with Crippen LogP contribution in [0.15, 0.2) is 82.6 Å². The molecule has 0 radical (unpaired) electrons. The number of pyridine rings is 1. The summed E-state index contributed by atoms with van der Waals surface area (Å²) in [6.45, 7) is 2.71. The molecule has 1 aliphatic heterocycles. The second-order valence-electron chi connectivity index (χ2n) is 9.52. The van der Waals surface area contributed by atoms with E-state index in [0.717, 1.165) is 28.7 Å². The molecule has 5 aromatic rings. The van der Waals surface area contributed by atoms with E-state index >= 15 is 0 Å². The third-order valence-corrected chi connectivity index (χ3v) is 7.80. The van der Waals surface area contributed by atoms with E-state index in [2.05, 4.69) is 14.9 Å². The van der Waals surface area contributed by atoms with Gasteiger partial charge in [-0.1, -0.05) is 53.5 Å².